The Balaban J connectivity index is 1.26. The predicted octanol–water partition coefficient (Wildman–Crippen LogP) is 4.43. The molecule has 1 aliphatic carbocycles. The van der Waals surface area contributed by atoms with Crippen LogP contribution in [-0.4, -0.2) is 51.4 Å². The first-order valence-corrected chi connectivity index (χ1v) is 11.5. The molecule has 0 radical (unpaired) electrons. The highest BCUT2D eigenvalue weighted by molar-refractivity contribution is 5.89. The molecular formula is C25H26FN5O2. The van der Waals surface area contributed by atoms with Crippen LogP contribution in [0.4, 0.5) is 10.2 Å². The zero-order valence-corrected chi connectivity index (χ0v) is 18.7. The SMILES string of the molecule is Cc1nc2c(C)c(O)c(-c3ccc4nc(N5CC[C@@H](N[C@H]6C[C@@H](F)C6)C5)ccc4n3)cc2o1. The summed E-state index contributed by atoms with van der Waals surface area (Å²) in [4.78, 5) is 16.2. The van der Waals surface area contributed by atoms with E-state index in [0.717, 1.165) is 36.4 Å². The highest BCUT2D eigenvalue weighted by Crippen LogP contribution is 2.37. The van der Waals surface area contributed by atoms with E-state index in [-0.39, 0.29) is 5.75 Å². The van der Waals surface area contributed by atoms with Crippen LogP contribution in [0.2, 0.25) is 0 Å². The monoisotopic (exact) mass is 447 g/mol. The van der Waals surface area contributed by atoms with Gasteiger partial charge in [-0.25, -0.2) is 19.3 Å². The minimum atomic E-state index is -0.632. The lowest BCUT2D eigenvalue weighted by Gasteiger charge is -2.33. The van der Waals surface area contributed by atoms with Crippen molar-refractivity contribution in [3.8, 4) is 17.0 Å². The van der Waals surface area contributed by atoms with E-state index in [9.17, 15) is 9.50 Å². The van der Waals surface area contributed by atoms with E-state index < -0.39 is 6.17 Å². The van der Waals surface area contributed by atoms with Crippen molar-refractivity contribution in [3.05, 3.63) is 41.8 Å². The van der Waals surface area contributed by atoms with Crippen LogP contribution in [0.25, 0.3) is 33.4 Å². The zero-order chi connectivity index (χ0) is 22.7. The van der Waals surface area contributed by atoms with Crippen molar-refractivity contribution in [3.63, 3.8) is 0 Å². The standard InChI is InChI=1S/C25H26FN5O2/c1-13-24-22(33-14(2)27-24)11-18(25(13)32)19-3-4-21-20(29-19)5-6-23(30-21)31-8-7-16(12-31)28-17-9-15(26)10-17/h3-6,11,15-17,28,32H,7-10,12H2,1-2H3/t15-,16-,17+/m1/s1. The first kappa shape index (κ1) is 20.4. The number of benzene rings is 1. The number of fused-ring (bicyclic) bond motifs is 2. The third-order valence-electron chi connectivity index (χ3n) is 6.87. The smallest absolute Gasteiger partial charge is 0.192 e. The Morgan fingerprint density at radius 2 is 1.85 bits per heavy atom. The molecule has 2 N–H and O–H groups in total. The van der Waals surface area contributed by atoms with Crippen LogP contribution < -0.4 is 10.2 Å². The number of pyridine rings is 2. The van der Waals surface area contributed by atoms with Crippen LogP contribution in [-0.2, 0) is 0 Å². The molecule has 1 saturated carbocycles. The molecule has 0 spiro atoms. The summed E-state index contributed by atoms with van der Waals surface area (Å²) in [6.07, 6.45) is 1.67. The quantitative estimate of drug-likeness (QED) is 0.479. The van der Waals surface area contributed by atoms with E-state index >= 15 is 0 Å². The number of phenolic OH excluding ortho intramolecular Hbond substituents is 1. The molecule has 1 aromatic carbocycles. The highest BCUT2D eigenvalue weighted by atomic mass is 19.1. The summed E-state index contributed by atoms with van der Waals surface area (Å²) in [6.45, 7) is 5.43. The number of hydrogen-bond donors (Lipinski definition) is 2. The van der Waals surface area contributed by atoms with Crippen LogP contribution in [0, 0.1) is 13.8 Å². The molecule has 1 atom stereocenters. The van der Waals surface area contributed by atoms with Crippen molar-refractivity contribution < 1.29 is 13.9 Å². The van der Waals surface area contributed by atoms with Crippen molar-refractivity contribution in [2.45, 2.75) is 51.4 Å². The van der Waals surface area contributed by atoms with Gasteiger partial charge < -0.3 is 19.7 Å². The molecule has 1 saturated heterocycles. The molecule has 33 heavy (non-hydrogen) atoms. The zero-order valence-electron chi connectivity index (χ0n) is 18.7. The number of phenols is 1. The van der Waals surface area contributed by atoms with Gasteiger partial charge in [-0.3, -0.25) is 0 Å². The third-order valence-corrected chi connectivity index (χ3v) is 6.87. The first-order chi connectivity index (χ1) is 15.9. The Hall–Kier alpha value is -3.26. The van der Waals surface area contributed by atoms with E-state index in [0.29, 0.717) is 58.7 Å². The molecule has 8 heteroatoms. The second-order valence-electron chi connectivity index (χ2n) is 9.25. The largest absolute Gasteiger partial charge is 0.507 e. The Morgan fingerprint density at radius 1 is 1.06 bits per heavy atom. The lowest BCUT2D eigenvalue weighted by molar-refractivity contribution is 0.148. The fraction of sp³-hybridized carbons (Fsp3) is 0.400. The number of nitrogens with zero attached hydrogens (tertiary/aromatic N) is 4. The average molecular weight is 448 g/mol. The summed E-state index contributed by atoms with van der Waals surface area (Å²) in [7, 11) is 0. The molecule has 4 heterocycles. The minimum absolute atomic E-state index is 0.161. The van der Waals surface area contributed by atoms with Gasteiger partial charge in [0.2, 0.25) is 0 Å². The number of halogens is 1. The topological polar surface area (TPSA) is 87.3 Å². The van der Waals surface area contributed by atoms with E-state index in [1.807, 2.05) is 31.2 Å². The van der Waals surface area contributed by atoms with Crippen LogP contribution in [0.3, 0.4) is 0 Å². The van der Waals surface area contributed by atoms with Gasteiger partial charge >= 0.3 is 0 Å². The molecule has 2 fully saturated rings. The number of aromatic hydroxyl groups is 1. The minimum Gasteiger partial charge on any atom is -0.507 e. The van der Waals surface area contributed by atoms with Gasteiger partial charge in [0.25, 0.3) is 0 Å². The second kappa shape index (κ2) is 7.66. The van der Waals surface area contributed by atoms with Gasteiger partial charge in [-0.2, -0.15) is 0 Å². The number of hydrogen-bond acceptors (Lipinski definition) is 7. The second-order valence-corrected chi connectivity index (χ2v) is 9.25. The average Bonchev–Trinajstić information content (AvgIpc) is 3.41. The molecular weight excluding hydrogens is 421 g/mol. The van der Waals surface area contributed by atoms with Crippen LogP contribution in [0.15, 0.2) is 34.7 Å². The number of aryl methyl sites for hydroxylation is 2. The first-order valence-electron chi connectivity index (χ1n) is 11.5. The number of oxazole rings is 1. The summed E-state index contributed by atoms with van der Waals surface area (Å²) in [5.41, 5.74) is 4.82. The summed E-state index contributed by atoms with van der Waals surface area (Å²) >= 11 is 0. The fourth-order valence-corrected chi connectivity index (χ4v) is 4.97. The van der Waals surface area contributed by atoms with E-state index in [1.165, 1.54) is 0 Å². The van der Waals surface area contributed by atoms with Gasteiger partial charge in [0, 0.05) is 43.2 Å². The molecule has 6 rings (SSSR count). The van der Waals surface area contributed by atoms with Crippen LogP contribution >= 0.6 is 0 Å². The van der Waals surface area contributed by atoms with Gasteiger partial charge in [0.1, 0.15) is 23.3 Å². The summed E-state index contributed by atoms with van der Waals surface area (Å²) in [5, 5.41) is 14.3. The van der Waals surface area contributed by atoms with Gasteiger partial charge in [-0.1, -0.05) is 0 Å². The molecule has 1 aliphatic heterocycles. The van der Waals surface area contributed by atoms with Gasteiger partial charge in [0.05, 0.1) is 16.7 Å². The van der Waals surface area contributed by atoms with E-state index in [2.05, 4.69) is 15.2 Å². The Bertz CT molecular complexity index is 1360. The number of nitrogens with one attached hydrogen (secondary N) is 1. The Morgan fingerprint density at radius 3 is 2.67 bits per heavy atom. The van der Waals surface area contributed by atoms with Crippen LogP contribution in [0.1, 0.15) is 30.7 Å². The van der Waals surface area contributed by atoms with Crippen LogP contribution in [0.5, 0.6) is 5.75 Å². The number of aromatic nitrogens is 3. The van der Waals surface area contributed by atoms with Crippen molar-refractivity contribution in [1.29, 1.82) is 0 Å². The Labute approximate surface area is 190 Å². The van der Waals surface area contributed by atoms with Crippen molar-refractivity contribution in [2.24, 2.45) is 0 Å². The normalized spacial score (nSPS) is 22.9. The molecule has 3 aromatic heterocycles. The van der Waals surface area contributed by atoms with Crippen molar-refractivity contribution >= 4 is 28.0 Å². The summed E-state index contributed by atoms with van der Waals surface area (Å²) in [5.74, 6) is 1.65. The maximum Gasteiger partial charge on any atom is 0.192 e. The molecule has 0 amide bonds. The van der Waals surface area contributed by atoms with E-state index in [1.54, 1.807) is 13.0 Å². The Kier molecular flexibility index (Phi) is 4.72. The third kappa shape index (κ3) is 3.58. The molecule has 7 nitrogen and oxygen atoms in total. The fourth-order valence-electron chi connectivity index (χ4n) is 4.97. The van der Waals surface area contributed by atoms with E-state index in [4.69, 9.17) is 14.4 Å². The maximum absolute atomic E-state index is 13.1. The summed E-state index contributed by atoms with van der Waals surface area (Å²) < 4.78 is 18.8. The molecule has 2 aliphatic rings. The lowest BCUT2D eigenvalue weighted by atomic mass is 9.90. The van der Waals surface area contributed by atoms with Gasteiger partial charge in [0.15, 0.2) is 11.5 Å². The molecule has 0 unspecified atom stereocenters. The predicted molar refractivity (Wildman–Crippen MR) is 125 cm³/mol. The van der Waals surface area contributed by atoms with Crippen molar-refractivity contribution in [1.82, 2.24) is 20.3 Å². The molecule has 0 bridgehead atoms. The lowest BCUT2D eigenvalue weighted by Crippen LogP contribution is -2.48. The number of rotatable bonds is 4. The summed E-state index contributed by atoms with van der Waals surface area (Å²) in [6, 6.07) is 10.3. The number of alkyl halides is 1. The molecule has 4 aromatic rings. The molecule has 170 valence electrons. The maximum atomic E-state index is 13.1. The highest BCUT2D eigenvalue weighted by Gasteiger charge is 2.33. The number of anilines is 1. The van der Waals surface area contributed by atoms with Crippen molar-refractivity contribution in [2.75, 3.05) is 18.0 Å². The van der Waals surface area contributed by atoms with Gasteiger partial charge in [-0.15, -0.1) is 0 Å². The van der Waals surface area contributed by atoms with Gasteiger partial charge in [-0.05, 0) is 56.5 Å².